The van der Waals surface area contributed by atoms with E-state index in [1.807, 2.05) is 0 Å². The van der Waals surface area contributed by atoms with Crippen LogP contribution in [0.15, 0.2) is 46.9 Å². The summed E-state index contributed by atoms with van der Waals surface area (Å²) >= 11 is 0. The van der Waals surface area contributed by atoms with E-state index in [-0.39, 0.29) is 11.8 Å². The highest BCUT2D eigenvalue weighted by molar-refractivity contribution is 5.76. The minimum absolute atomic E-state index is 0.0694. The van der Waals surface area contributed by atoms with Crippen LogP contribution in [0.4, 0.5) is 13.2 Å². The molecule has 0 aliphatic heterocycles. The maximum absolute atomic E-state index is 12.7. The van der Waals surface area contributed by atoms with Gasteiger partial charge >= 0.3 is 12.1 Å². The zero-order valence-corrected chi connectivity index (χ0v) is 17.7. The van der Waals surface area contributed by atoms with E-state index in [1.54, 1.807) is 32.0 Å². The van der Waals surface area contributed by atoms with Crippen LogP contribution in [0.25, 0.3) is 11.5 Å². The molecule has 2 aromatic carbocycles. The van der Waals surface area contributed by atoms with E-state index in [1.165, 1.54) is 26.0 Å². The molecular formula is C22H21F3N2O5. The molecule has 1 unspecified atom stereocenters. The Hall–Kier alpha value is -3.56. The highest BCUT2D eigenvalue weighted by Gasteiger charge is 2.31. The van der Waals surface area contributed by atoms with E-state index in [0.717, 1.165) is 12.1 Å². The summed E-state index contributed by atoms with van der Waals surface area (Å²) in [6.07, 6.45) is -5.07. The molecule has 7 nitrogen and oxygen atoms in total. The highest BCUT2D eigenvalue weighted by Crippen LogP contribution is 2.32. The molecule has 0 aliphatic carbocycles. The van der Waals surface area contributed by atoms with Gasteiger partial charge in [0.2, 0.25) is 5.89 Å². The molecule has 0 spiro atoms. The fourth-order valence-corrected chi connectivity index (χ4v) is 2.70. The van der Waals surface area contributed by atoms with Gasteiger partial charge in [0.1, 0.15) is 11.5 Å². The molecule has 10 heteroatoms. The Kier molecular flexibility index (Phi) is 6.16. The van der Waals surface area contributed by atoms with Gasteiger partial charge < -0.3 is 19.0 Å². The normalized spacial score (nSPS) is 13.0. The number of alkyl halides is 3. The average Bonchev–Trinajstić information content (AvgIpc) is 3.20. The van der Waals surface area contributed by atoms with Crippen molar-refractivity contribution in [3.05, 3.63) is 59.5 Å². The van der Waals surface area contributed by atoms with E-state index in [0.29, 0.717) is 22.6 Å². The second kappa shape index (κ2) is 8.52. The van der Waals surface area contributed by atoms with Gasteiger partial charge in [-0.2, -0.15) is 13.2 Å². The first kappa shape index (κ1) is 23.1. The van der Waals surface area contributed by atoms with Crippen LogP contribution < -0.4 is 9.47 Å². The van der Waals surface area contributed by atoms with Crippen LogP contribution >= 0.6 is 0 Å². The van der Waals surface area contributed by atoms with Crippen molar-refractivity contribution in [2.45, 2.75) is 45.6 Å². The van der Waals surface area contributed by atoms with Crippen molar-refractivity contribution >= 4 is 5.97 Å². The Bertz CT molecular complexity index is 1110. The van der Waals surface area contributed by atoms with Crippen molar-refractivity contribution in [1.29, 1.82) is 0 Å². The van der Waals surface area contributed by atoms with E-state index in [4.69, 9.17) is 13.9 Å². The van der Waals surface area contributed by atoms with E-state index in [2.05, 4.69) is 10.2 Å². The van der Waals surface area contributed by atoms with E-state index >= 15 is 0 Å². The number of halogens is 3. The number of ether oxygens (including phenoxy) is 2. The van der Waals surface area contributed by atoms with Gasteiger partial charge in [-0.3, -0.25) is 0 Å². The van der Waals surface area contributed by atoms with Gasteiger partial charge in [0.15, 0.2) is 11.7 Å². The van der Waals surface area contributed by atoms with E-state index < -0.39 is 29.4 Å². The van der Waals surface area contributed by atoms with E-state index in [9.17, 15) is 23.1 Å². The van der Waals surface area contributed by atoms with Crippen LogP contribution in [0, 0.1) is 6.92 Å². The predicted molar refractivity (Wildman–Crippen MR) is 107 cm³/mol. The second-order valence-electron chi connectivity index (χ2n) is 7.63. The van der Waals surface area contributed by atoms with Gasteiger partial charge in [-0.05, 0) is 75.7 Å². The molecule has 0 radical (unpaired) electrons. The SMILES string of the molecule is Cc1cc(OC(C)c2nnc(-c3ccc(C(F)(F)F)cc3)o2)ccc1OC(C)(C)C(=O)O. The Balaban J connectivity index is 1.70. The molecule has 0 saturated heterocycles. The molecule has 0 fully saturated rings. The van der Waals surface area contributed by atoms with Crippen molar-refractivity contribution in [3.8, 4) is 23.0 Å². The zero-order valence-electron chi connectivity index (χ0n) is 17.7. The molecule has 170 valence electrons. The summed E-state index contributed by atoms with van der Waals surface area (Å²) < 4.78 is 55.0. The fraction of sp³-hybridized carbons (Fsp3) is 0.318. The monoisotopic (exact) mass is 450 g/mol. The lowest BCUT2D eigenvalue weighted by molar-refractivity contribution is -0.152. The van der Waals surface area contributed by atoms with Crippen LogP contribution in [-0.4, -0.2) is 26.9 Å². The molecule has 1 heterocycles. The number of rotatable bonds is 7. The minimum atomic E-state index is -4.43. The van der Waals surface area contributed by atoms with Crippen LogP contribution in [-0.2, 0) is 11.0 Å². The van der Waals surface area contributed by atoms with Gasteiger partial charge in [0, 0.05) is 5.56 Å². The number of nitrogens with zero attached hydrogens (tertiary/aromatic N) is 2. The van der Waals surface area contributed by atoms with Crippen LogP contribution in [0.2, 0.25) is 0 Å². The molecule has 0 amide bonds. The van der Waals surface area contributed by atoms with Crippen molar-refractivity contribution in [2.24, 2.45) is 0 Å². The molecule has 0 saturated carbocycles. The summed E-state index contributed by atoms with van der Waals surface area (Å²) in [6.45, 7) is 6.33. The summed E-state index contributed by atoms with van der Waals surface area (Å²) in [5, 5.41) is 17.0. The summed E-state index contributed by atoms with van der Waals surface area (Å²) in [5.74, 6) is -0.0134. The van der Waals surface area contributed by atoms with Gasteiger partial charge in [0.25, 0.3) is 5.89 Å². The van der Waals surface area contributed by atoms with Gasteiger partial charge in [-0.15, -0.1) is 10.2 Å². The third-order valence-corrected chi connectivity index (χ3v) is 4.59. The average molecular weight is 450 g/mol. The molecule has 0 aliphatic rings. The van der Waals surface area contributed by atoms with Gasteiger partial charge in [-0.25, -0.2) is 4.79 Å². The van der Waals surface area contributed by atoms with Crippen LogP contribution in [0.3, 0.4) is 0 Å². The number of aliphatic carboxylic acids is 1. The molecule has 32 heavy (non-hydrogen) atoms. The minimum Gasteiger partial charge on any atom is -0.481 e. The maximum atomic E-state index is 12.7. The summed E-state index contributed by atoms with van der Waals surface area (Å²) in [7, 11) is 0. The predicted octanol–water partition coefficient (Wildman–Crippen LogP) is 5.45. The first-order valence-electron chi connectivity index (χ1n) is 9.57. The highest BCUT2D eigenvalue weighted by atomic mass is 19.4. The zero-order chi connectivity index (χ0) is 23.7. The number of aromatic nitrogens is 2. The molecule has 3 rings (SSSR count). The number of carboxylic acid groups (broad SMARTS) is 1. The quantitative estimate of drug-likeness (QED) is 0.512. The van der Waals surface area contributed by atoms with Gasteiger partial charge in [-0.1, -0.05) is 0 Å². The number of carboxylic acids is 1. The van der Waals surface area contributed by atoms with Crippen LogP contribution in [0.1, 0.15) is 43.9 Å². The van der Waals surface area contributed by atoms with Gasteiger partial charge in [0.05, 0.1) is 5.56 Å². The Morgan fingerprint density at radius 3 is 2.31 bits per heavy atom. The molecule has 0 bridgehead atoms. The van der Waals surface area contributed by atoms with Crippen molar-refractivity contribution in [1.82, 2.24) is 10.2 Å². The second-order valence-corrected chi connectivity index (χ2v) is 7.63. The standard InChI is InChI=1S/C22H21F3N2O5/c1-12-11-16(9-10-17(12)32-21(3,4)20(28)29)30-13(2)18-26-27-19(31-18)14-5-7-15(8-6-14)22(23,24)25/h5-11,13H,1-4H3,(H,28,29). The summed E-state index contributed by atoms with van der Waals surface area (Å²) in [5.41, 5.74) is -1.15. The lowest BCUT2D eigenvalue weighted by Gasteiger charge is -2.23. The van der Waals surface area contributed by atoms with Crippen molar-refractivity contribution < 1.29 is 37.0 Å². The third-order valence-electron chi connectivity index (χ3n) is 4.59. The molecular weight excluding hydrogens is 429 g/mol. The van der Waals surface area contributed by atoms with Crippen LogP contribution in [0.5, 0.6) is 11.5 Å². The van der Waals surface area contributed by atoms with Crippen molar-refractivity contribution in [3.63, 3.8) is 0 Å². The molecule has 3 aromatic rings. The summed E-state index contributed by atoms with van der Waals surface area (Å²) in [6, 6.07) is 9.29. The Morgan fingerprint density at radius 1 is 1.09 bits per heavy atom. The number of hydrogen-bond acceptors (Lipinski definition) is 6. The molecule has 1 aromatic heterocycles. The Labute approximate surface area is 181 Å². The lowest BCUT2D eigenvalue weighted by atomic mass is 10.1. The molecule has 1 N–H and O–H groups in total. The topological polar surface area (TPSA) is 94.7 Å². The largest absolute Gasteiger partial charge is 0.481 e. The number of benzene rings is 2. The first-order valence-corrected chi connectivity index (χ1v) is 9.57. The fourth-order valence-electron chi connectivity index (χ4n) is 2.70. The summed E-state index contributed by atoms with van der Waals surface area (Å²) in [4.78, 5) is 11.2. The smallest absolute Gasteiger partial charge is 0.416 e. The molecule has 1 atom stereocenters. The third kappa shape index (κ3) is 5.19. The number of aryl methyl sites for hydroxylation is 1. The Morgan fingerprint density at radius 2 is 1.75 bits per heavy atom. The number of hydrogen-bond donors (Lipinski definition) is 1. The number of carbonyl (C=O) groups is 1. The lowest BCUT2D eigenvalue weighted by Crippen LogP contribution is -2.38. The maximum Gasteiger partial charge on any atom is 0.416 e. The van der Waals surface area contributed by atoms with Crippen molar-refractivity contribution in [2.75, 3.05) is 0 Å². The first-order chi connectivity index (χ1) is 14.9.